The van der Waals surface area contributed by atoms with E-state index in [1.807, 2.05) is 0 Å². The van der Waals surface area contributed by atoms with E-state index < -0.39 is 6.10 Å². The van der Waals surface area contributed by atoms with Crippen LogP contribution in [0.25, 0.3) is 0 Å². The molecule has 0 heterocycles. The van der Waals surface area contributed by atoms with Crippen LogP contribution < -0.4 is 0 Å². The van der Waals surface area contributed by atoms with Gasteiger partial charge in [-0.25, -0.2) is 0 Å². The molecule has 6 nitrogen and oxygen atoms in total. The van der Waals surface area contributed by atoms with E-state index in [1.165, 1.54) is 116 Å². The molecule has 0 saturated heterocycles. The topological polar surface area (TPSA) is 78.9 Å². The van der Waals surface area contributed by atoms with Gasteiger partial charge in [-0.15, -0.1) is 0 Å². The first kappa shape index (κ1) is 76.5. The lowest BCUT2D eigenvalue weighted by Crippen LogP contribution is -2.30. The average molecular weight is 1120 g/mol. The molecule has 0 spiro atoms. The lowest BCUT2D eigenvalue weighted by Gasteiger charge is -2.18. The summed E-state index contributed by atoms with van der Waals surface area (Å²) in [5, 5.41) is 0. The summed E-state index contributed by atoms with van der Waals surface area (Å²) in [4.78, 5) is 38.4. The Labute approximate surface area is 500 Å². The maximum Gasteiger partial charge on any atom is 0.306 e. The summed E-state index contributed by atoms with van der Waals surface area (Å²) < 4.78 is 16.9. The minimum atomic E-state index is -0.803. The summed E-state index contributed by atoms with van der Waals surface area (Å²) in [5.74, 6) is -0.931. The van der Waals surface area contributed by atoms with Gasteiger partial charge in [0, 0.05) is 19.3 Å². The minimum Gasteiger partial charge on any atom is -0.462 e. The number of carbonyl (C=O) groups is 3. The number of allylic oxidation sites excluding steroid dienone is 22. The number of unbranched alkanes of at least 4 members (excludes halogenated alkanes) is 27. The lowest BCUT2D eigenvalue weighted by atomic mass is 10.1. The Balaban J connectivity index is 4.45. The van der Waals surface area contributed by atoms with Crippen LogP contribution in [0.15, 0.2) is 134 Å². The van der Waals surface area contributed by atoms with Crippen molar-refractivity contribution in [3.8, 4) is 0 Å². The summed E-state index contributed by atoms with van der Waals surface area (Å²) in [7, 11) is 0. The highest BCUT2D eigenvalue weighted by Gasteiger charge is 2.19. The molecule has 0 aliphatic rings. The number of carbonyl (C=O) groups excluding carboxylic acids is 3. The SMILES string of the molecule is CC/C=C\C/C=C\C/C=C\C/C=C\C/C=C\C/C=C\CCCCCCCCC(=O)OCC(COC(=O)CCCCCC/C=C\C/C=C\C/C=C\C/C=C\CC)OC(=O)CCCCCCCCCCC/C=C\CCCCCCCCCC. The van der Waals surface area contributed by atoms with E-state index in [-0.39, 0.29) is 31.1 Å². The molecular formula is C75H124O6. The number of ether oxygens (including phenoxy) is 3. The van der Waals surface area contributed by atoms with E-state index in [2.05, 4.69) is 154 Å². The summed E-state index contributed by atoms with van der Waals surface area (Å²) in [6, 6.07) is 0. The Morgan fingerprint density at radius 1 is 0.259 bits per heavy atom. The fourth-order valence-corrected chi connectivity index (χ4v) is 9.14. The van der Waals surface area contributed by atoms with Crippen molar-refractivity contribution in [3.05, 3.63) is 134 Å². The molecule has 0 aliphatic heterocycles. The first-order valence-electron chi connectivity index (χ1n) is 33.7. The molecule has 0 fully saturated rings. The Bertz CT molecular complexity index is 1720. The fraction of sp³-hybridized carbons (Fsp3) is 0.667. The Kier molecular flexibility index (Phi) is 64.3. The van der Waals surface area contributed by atoms with Crippen molar-refractivity contribution in [1.82, 2.24) is 0 Å². The van der Waals surface area contributed by atoms with Gasteiger partial charge in [-0.2, -0.15) is 0 Å². The molecule has 0 rings (SSSR count). The number of hydrogen-bond donors (Lipinski definition) is 0. The molecule has 0 N–H and O–H groups in total. The standard InChI is InChI=1S/C75H124O6/c1-4-7-10-13-16-19-22-25-28-31-33-35-36-37-38-40-41-44-47-50-53-56-59-62-65-68-74(77)80-71-72(70-79-73(76)67-64-61-58-55-52-49-46-43-30-27-24-21-18-15-12-9-6-3)81-75(78)69-66-63-60-57-54-51-48-45-42-39-34-32-29-26-23-20-17-14-11-8-5-2/h7,9-10,12,16,18-19,21,25,27-28,30,32-35,37-38,41,44,46,49,72H,4-6,8,11,13-15,17,20,22-24,26,29,31,36,39-40,42-43,45,47-48,50-71H2,1-3H3/b10-7-,12-9-,19-16-,21-18-,28-25-,30-27-,34-32-,35-33-,38-37-,44-41-,49-46-. The van der Waals surface area contributed by atoms with Gasteiger partial charge in [0.2, 0.25) is 0 Å². The van der Waals surface area contributed by atoms with Crippen LogP contribution in [0.5, 0.6) is 0 Å². The van der Waals surface area contributed by atoms with Crippen LogP contribution in [0.2, 0.25) is 0 Å². The van der Waals surface area contributed by atoms with E-state index in [9.17, 15) is 14.4 Å². The Morgan fingerprint density at radius 3 is 0.765 bits per heavy atom. The van der Waals surface area contributed by atoms with E-state index in [1.54, 1.807) is 0 Å². The van der Waals surface area contributed by atoms with Crippen LogP contribution in [0.1, 0.15) is 303 Å². The smallest absolute Gasteiger partial charge is 0.306 e. The largest absolute Gasteiger partial charge is 0.462 e. The van der Waals surface area contributed by atoms with Crippen molar-refractivity contribution in [2.24, 2.45) is 0 Å². The number of esters is 3. The highest BCUT2D eigenvalue weighted by Crippen LogP contribution is 2.16. The van der Waals surface area contributed by atoms with Crippen molar-refractivity contribution >= 4 is 17.9 Å². The van der Waals surface area contributed by atoms with Gasteiger partial charge in [0.25, 0.3) is 0 Å². The van der Waals surface area contributed by atoms with Crippen LogP contribution >= 0.6 is 0 Å². The molecule has 0 aromatic carbocycles. The molecular weight excluding hydrogens is 997 g/mol. The monoisotopic (exact) mass is 1120 g/mol. The quantitative estimate of drug-likeness (QED) is 0.0261. The maximum absolute atomic E-state index is 13.0. The van der Waals surface area contributed by atoms with Gasteiger partial charge in [-0.05, 0) is 135 Å². The predicted molar refractivity (Wildman–Crippen MR) is 353 cm³/mol. The van der Waals surface area contributed by atoms with Crippen molar-refractivity contribution in [2.45, 2.75) is 309 Å². The van der Waals surface area contributed by atoms with Crippen LogP contribution in [0.3, 0.4) is 0 Å². The first-order chi connectivity index (χ1) is 40.0. The van der Waals surface area contributed by atoms with E-state index in [4.69, 9.17) is 14.2 Å². The third-order valence-corrected chi connectivity index (χ3v) is 14.1. The third-order valence-electron chi connectivity index (χ3n) is 14.1. The van der Waals surface area contributed by atoms with E-state index in [0.29, 0.717) is 19.3 Å². The highest BCUT2D eigenvalue weighted by atomic mass is 16.6. The molecule has 0 aliphatic carbocycles. The van der Waals surface area contributed by atoms with Gasteiger partial charge < -0.3 is 14.2 Å². The van der Waals surface area contributed by atoms with Gasteiger partial charge >= 0.3 is 17.9 Å². The zero-order valence-electron chi connectivity index (χ0n) is 52.8. The molecule has 460 valence electrons. The molecule has 6 heteroatoms. The second-order valence-electron chi connectivity index (χ2n) is 22.0. The van der Waals surface area contributed by atoms with E-state index >= 15 is 0 Å². The molecule has 1 atom stereocenters. The summed E-state index contributed by atoms with van der Waals surface area (Å²) in [6.07, 6.45) is 96.0. The van der Waals surface area contributed by atoms with Crippen LogP contribution in [-0.4, -0.2) is 37.2 Å². The normalized spacial score (nSPS) is 13.0. The molecule has 0 aromatic heterocycles. The summed E-state index contributed by atoms with van der Waals surface area (Å²) in [5.41, 5.74) is 0. The second-order valence-corrected chi connectivity index (χ2v) is 22.0. The van der Waals surface area contributed by atoms with Gasteiger partial charge in [-0.1, -0.05) is 283 Å². The van der Waals surface area contributed by atoms with Crippen LogP contribution in [0.4, 0.5) is 0 Å². The zero-order chi connectivity index (χ0) is 58.5. The van der Waals surface area contributed by atoms with Gasteiger partial charge in [-0.3, -0.25) is 14.4 Å². The lowest BCUT2D eigenvalue weighted by molar-refractivity contribution is -0.167. The number of rotatable bonds is 60. The van der Waals surface area contributed by atoms with Crippen molar-refractivity contribution in [1.29, 1.82) is 0 Å². The molecule has 0 bridgehead atoms. The predicted octanol–water partition coefficient (Wildman–Crippen LogP) is 23.3. The van der Waals surface area contributed by atoms with Crippen molar-refractivity contribution in [2.75, 3.05) is 13.2 Å². The minimum absolute atomic E-state index is 0.0979. The second kappa shape index (κ2) is 68.1. The molecule has 1 unspecified atom stereocenters. The van der Waals surface area contributed by atoms with E-state index in [0.717, 1.165) is 148 Å². The maximum atomic E-state index is 13.0. The van der Waals surface area contributed by atoms with Crippen LogP contribution in [-0.2, 0) is 28.6 Å². The Morgan fingerprint density at radius 2 is 0.481 bits per heavy atom. The zero-order valence-corrected chi connectivity index (χ0v) is 52.8. The van der Waals surface area contributed by atoms with Gasteiger partial charge in [0.05, 0.1) is 0 Å². The third kappa shape index (κ3) is 66.2. The highest BCUT2D eigenvalue weighted by molar-refractivity contribution is 5.71. The molecule has 0 radical (unpaired) electrons. The number of hydrogen-bond acceptors (Lipinski definition) is 6. The van der Waals surface area contributed by atoms with Gasteiger partial charge in [0.1, 0.15) is 13.2 Å². The van der Waals surface area contributed by atoms with Crippen molar-refractivity contribution < 1.29 is 28.6 Å². The van der Waals surface area contributed by atoms with Gasteiger partial charge in [0.15, 0.2) is 6.10 Å². The van der Waals surface area contributed by atoms with Crippen LogP contribution in [0, 0.1) is 0 Å². The molecule has 81 heavy (non-hydrogen) atoms. The average Bonchev–Trinajstić information content (AvgIpc) is 3.47. The summed E-state index contributed by atoms with van der Waals surface area (Å²) in [6.45, 7) is 6.40. The fourth-order valence-electron chi connectivity index (χ4n) is 9.14. The first-order valence-corrected chi connectivity index (χ1v) is 33.7. The molecule has 0 saturated carbocycles. The Hall–Kier alpha value is -4.45. The van der Waals surface area contributed by atoms with Crippen molar-refractivity contribution in [3.63, 3.8) is 0 Å². The molecule has 0 amide bonds. The molecule has 0 aromatic rings. The summed E-state index contributed by atoms with van der Waals surface area (Å²) >= 11 is 0.